The third-order valence-electron chi connectivity index (χ3n) is 11.2. The van der Waals surface area contributed by atoms with Gasteiger partial charge in [0.2, 0.25) is 23.6 Å². The Labute approximate surface area is 350 Å². The molecular weight excluding hydrogens is 785 g/mol. The Balaban J connectivity index is 0.000000160. The fourth-order valence-corrected chi connectivity index (χ4v) is 7.36. The van der Waals surface area contributed by atoms with Crippen molar-refractivity contribution < 1.29 is 37.0 Å². The lowest BCUT2D eigenvalue weighted by Gasteiger charge is -2.38. The van der Waals surface area contributed by atoms with Gasteiger partial charge in [0.05, 0.1) is 11.8 Å². The molecule has 0 spiro atoms. The molecule has 3 N–H and O–H groups in total. The van der Waals surface area contributed by atoms with E-state index in [1.807, 2.05) is 81.4 Å². The van der Waals surface area contributed by atoms with E-state index in [4.69, 9.17) is 22.6 Å². The fourth-order valence-electron chi connectivity index (χ4n) is 7.36. The van der Waals surface area contributed by atoms with Crippen LogP contribution in [0.25, 0.3) is 22.6 Å². The quantitative estimate of drug-likeness (QED) is 0.148. The second-order valence-corrected chi connectivity index (χ2v) is 17.0. The fraction of sp³-hybridized carbons (Fsp3) is 0.419. The van der Waals surface area contributed by atoms with Crippen molar-refractivity contribution in [3.8, 4) is 22.6 Å². The SMILES string of the molecule is CC(C)(C)OC(=O)N1CC(c2nnc(C3CC(NC(=O)c4cc(-c5ccccc5)on4)C3)o2)C1.O=C(NC1CC(c2nnc(C3CNC3)o2)C1)c1cc(-c2ccccc2)on1. The third-order valence-corrected chi connectivity index (χ3v) is 11.2. The van der Waals surface area contributed by atoms with Gasteiger partial charge in [0.25, 0.3) is 11.8 Å². The maximum atomic E-state index is 12.5. The minimum absolute atomic E-state index is 0.0103. The number of likely N-dealkylation sites (tertiary alicyclic amines) is 1. The summed E-state index contributed by atoms with van der Waals surface area (Å²) in [4.78, 5) is 38.6. The highest BCUT2D eigenvalue weighted by molar-refractivity contribution is 5.94. The maximum absolute atomic E-state index is 12.5. The van der Waals surface area contributed by atoms with Crippen molar-refractivity contribution in [3.63, 3.8) is 0 Å². The number of nitrogens with one attached hydrogen (secondary N) is 3. The molecule has 6 heterocycles. The van der Waals surface area contributed by atoms with Crippen molar-refractivity contribution in [2.75, 3.05) is 26.2 Å². The summed E-state index contributed by atoms with van der Waals surface area (Å²) >= 11 is 0. The Morgan fingerprint density at radius 1 is 0.639 bits per heavy atom. The summed E-state index contributed by atoms with van der Waals surface area (Å²) in [7, 11) is 0. The van der Waals surface area contributed by atoms with Gasteiger partial charge >= 0.3 is 6.09 Å². The van der Waals surface area contributed by atoms with Crippen LogP contribution in [0.4, 0.5) is 4.79 Å². The van der Waals surface area contributed by atoms with E-state index in [1.165, 1.54) is 0 Å². The molecule has 2 saturated carbocycles. The highest BCUT2D eigenvalue weighted by atomic mass is 16.6. The Kier molecular flexibility index (Phi) is 10.9. The first-order valence-corrected chi connectivity index (χ1v) is 20.5. The average Bonchev–Trinajstić information content (AvgIpc) is 4.01. The van der Waals surface area contributed by atoms with Gasteiger partial charge in [-0.1, -0.05) is 71.0 Å². The van der Waals surface area contributed by atoms with Crippen LogP contribution in [0.15, 0.2) is 90.7 Å². The van der Waals surface area contributed by atoms with Crippen molar-refractivity contribution in [1.29, 1.82) is 0 Å². The van der Waals surface area contributed by atoms with Crippen LogP contribution in [0.2, 0.25) is 0 Å². The molecule has 4 fully saturated rings. The number of carbonyl (C=O) groups is 3. The predicted octanol–water partition coefficient (Wildman–Crippen LogP) is 5.82. The summed E-state index contributed by atoms with van der Waals surface area (Å²) < 4.78 is 27.6. The lowest BCUT2D eigenvalue weighted by molar-refractivity contribution is 0.00584. The molecule has 4 aromatic heterocycles. The van der Waals surface area contributed by atoms with Crippen LogP contribution in [0.3, 0.4) is 0 Å². The molecule has 0 atom stereocenters. The van der Waals surface area contributed by atoms with Gasteiger partial charge in [-0.25, -0.2) is 4.79 Å². The number of ether oxygens (including phenoxy) is 1. The van der Waals surface area contributed by atoms with Crippen molar-refractivity contribution in [2.24, 2.45) is 0 Å². The molecule has 6 aromatic rings. The number of hydrogen-bond acceptors (Lipinski definition) is 15. The summed E-state index contributed by atoms with van der Waals surface area (Å²) in [5, 5.41) is 33.6. The van der Waals surface area contributed by atoms with Gasteiger partial charge < -0.3 is 43.5 Å². The lowest BCUT2D eigenvalue weighted by atomic mass is 9.80. The molecule has 3 amide bonds. The smallest absolute Gasteiger partial charge is 0.410 e. The van der Waals surface area contributed by atoms with E-state index in [2.05, 4.69) is 46.7 Å². The Morgan fingerprint density at radius 3 is 1.48 bits per heavy atom. The van der Waals surface area contributed by atoms with Gasteiger partial charge in [-0.3, -0.25) is 9.59 Å². The van der Waals surface area contributed by atoms with Crippen LogP contribution in [-0.2, 0) is 4.74 Å². The summed E-state index contributed by atoms with van der Waals surface area (Å²) in [6, 6.07) is 22.5. The van der Waals surface area contributed by atoms with Gasteiger partial charge in [-0.05, 0) is 46.5 Å². The molecule has 61 heavy (non-hydrogen) atoms. The number of carbonyl (C=O) groups excluding carboxylic acids is 3. The second kappa shape index (κ2) is 16.8. The van der Waals surface area contributed by atoms with Crippen LogP contribution in [-0.4, -0.2) is 97.4 Å². The molecule has 10 rings (SSSR count). The number of aromatic nitrogens is 6. The topological polar surface area (TPSA) is 230 Å². The maximum Gasteiger partial charge on any atom is 0.410 e. The molecule has 0 bridgehead atoms. The molecular formula is C43H46N10O8. The minimum atomic E-state index is -0.520. The predicted molar refractivity (Wildman–Crippen MR) is 215 cm³/mol. The van der Waals surface area contributed by atoms with Crippen LogP contribution in [0, 0.1) is 0 Å². The van der Waals surface area contributed by atoms with E-state index in [0.717, 1.165) is 37.1 Å². The van der Waals surface area contributed by atoms with Gasteiger partial charge in [0, 0.05) is 73.4 Å². The highest BCUT2D eigenvalue weighted by Gasteiger charge is 2.41. The van der Waals surface area contributed by atoms with Crippen LogP contribution in [0.1, 0.15) is 115 Å². The Bertz CT molecular complexity index is 2450. The first-order chi connectivity index (χ1) is 29.5. The number of nitrogens with zero attached hydrogens (tertiary/aromatic N) is 7. The van der Waals surface area contributed by atoms with Gasteiger partial charge in [0.15, 0.2) is 22.9 Å². The lowest BCUT2D eigenvalue weighted by Crippen LogP contribution is -2.50. The second-order valence-electron chi connectivity index (χ2n) is 17.0. The average molecular weight is 831 g/mol. The van der Waals surface area contributed by atoms with Gasteiger partial charge in [0.1, 0.15) is 5.60 Å². The zero-order valence-electron chi connectivity index (χ0n) is 33.9. The molecule has 0 radical (unpaired) electrons. The first kappa shape index (κ1) is 39.8. The first-order valence-electron chi connectivity index (χ1n) is 20.5. The summed E-state index contributed by atoms with van der Waals surface area (Å²) in [6.45, 7) is 8.32. The normalized spacial score (nSPS) is 21.1. The number of rotatable bonds is 10. The molecule has 18 nitrogen and oxygen atoms in total. The molecule has 0 unspecified atom stereocenters. The number of benzene rings is 2. The van der Waals surface area contributed by atoms with E-state index < -0.39 is 5.60 Å². The molecule has 2 saturated heterocycles. The van der Waals surface area contributed by atoms with Crippen molar-refractivity contribution >= 4 is 17.9 Å². The van der Waals surface area contributed by atoms with Crippen molar-refractivity contribution in [3.05, 3.63) is 108 Å². The monoisotopic (exact) mass is 830 g/mol. The van der Waals surface area contributed by atoms with E-state index in [-0.39, 0.29) is 59.1 Å². The molecule has 2 aliphatic carbocycles. The molecule has 316 valence electrons. The van der Waals surface area contributed by atoms with Crippen molar-refractivity contribution in [1.82, 2.24) is 51.6 Å². The molecule has 2 aliphatic heterocycles. The largest absolute Gasteiger partial charge is 0.444 e. The van der Waals surface area contributed by atoms with E-state index in [1.54, 1.807) is 17.0 Å². The van der Waals surface area contributed by atoms with Crippen LogP contribution in [0.5, 0.6) is 0 Å². The highest BCUT2D eigenvalue weighted by Crippen LogP contribution is 2.39. The molecule has 2 aromatic carbocycles. The standard InChI is InChI=1S/C24H27N5O5.C19H19N5O3/c1-24(2,3)33-23(31)29-12-16(13-29)22-27-26-21(32-22)15-9-17(10-15)25-20(30)18-11-19(34-28-18)14-7-5-4-6-8-14;25-17(15-8-16(27-24-15)11-4-2-1-3-5-11)21-14-6-12(7-14)18-22-23-19(26-18)13-9-20-10-13/h4-8,11,15-17H,9-10,12-13H2,1-3H3,(H,25,30);1-5,8,12-14,20H,6-7,9-10H2,(H,21,25). The Hall–Kier alpha value is -6.69. The number of hydrogen-bond donors (Lipinski definition) is 3. The number of amides is 3. The van der Waals surface area contributed by atoms with Gasteiger partial charge in [-0.15, -0.1) is 20.4 Å². The third kappa shape index (κ3) is 9.08. The zero-order valence-corrected chi connectivity index (χ0v) is 33.9. The van der Waals surface area contributed by atoms with Crippen LogP contribution >= 0.6 is 0 Å². The summed E-state index contributed by atoms with van der Waals surface area (Å²) in [6.07, 6.45) is 2.68. The molecule has 4 aliphatic rings. The summed E-state index contributed by atoms with van der Waals surface area (Å²) in [5.74, 6) is 3.82. The van der Waals surface area contributed by atoms with Gasteiger partial charge in [-0.2, -0.15) is 0 Å². The van der Waals surface area contributed by atoms with E-state index >= 15 is 0 Å². The van der Waals surface area contributed by atoms with Crippen LogP contribution < -0.4 is 16.0 Å². The molecule has 18 heteroatoms. The summed E-state index contributed by atoms with van der Waals surface area (Å²) in [5.41, 5.74) is 1.78. The van der Waals surface area contributed by atoms with Crippen molar-refractivity contribution in [2.45, 2.75) is 87.8 Å². The Morgan fingerprint density at radius 2 is 1.07 bits per heavy atom. The zero-order chi connectivity index (χ0) is 42.1. The minimum Gasteiger partial charge on any atom is -0.444 e. The van der Waals surface area contributed by atoms with E-state index in [9.17, 15) is 14.4 Å². The van der Waals surface area contributed by atoms with E-state index in [0.29, 0.717) is 66.9 Å².